The molecule has 0 N–H and O–H groups in total. The highest BCUT2D eigenvalue weighted by Gasteiger charge is 2.17. The molecule has 68 valence electrons. The molecule has 1 saturated carbocycles. The van der Waals surface area contributed by atoms with Crippen LogP contribution >= 0.6 is 0 Å². The Bertz CT molecular complexity index is 206. The van der Waals surface area contributed by atoms with E-state index in [2.05, 4.69) is 26.8 Å². The molecule has 0 spiro atoms. The molecule has 0 unspecified atom stereocenters. The lowest BCUT2D eigenvalue weighted by molar-refractivity contribution is -0.116. The molecule has 0 radical (unpaired) electrons. The Labute approximate surface area is 74.9 Å². The van der Waals surface area contributed by atoms with E-state index < -0.39 is 0 Å². The minimum Gasteiger partial charge on any atom is -0.295 e. The van der Waals surface area contributed by atoms with Crippen LogP contribution in [0.2, 0.25) is 0 Å². The Morgan fingerprint density at radius 1 is 1.17 bits per heavy atom. The number of allylic oxidation sites excluding steroid dienone is 2. The van der Waals surface area contributed by atoms with Gasteiger partial charge in [0.05, 0.1) is 0 Å². The number of rotatable bonds is 0. The zero-order valence-electron chi connectivity index (χ0n) is 8.31. The molecule has 0 atom stereocenters. The molecule has 1 aliphatic rings. The van der Waals surface area contributed by atoms with Gasteiger partial charge in [-0.1, -0.05) is 26.8 Å². The number of hydrogen-bond acceptors (Lipinski definition) is 1. The third-order valence-electron chi connectivity index (χ3n) is 2.07. The van der Waals surface area contributed by atoms with Crippen LogP contribution in [0.1, 0.15) is 46.5 Å². The van der Waals surface area contributed by atoms with Crippen LogP contribution in [0.3, 0.4) is 0 Å². The fourth-order valence-corrected chi connectivity index (χ4v) is 1.58. The molecule has 0 saturated heterocycles. The lowest BCUT2D eigenvalue weighted by Crippen LogP contribution is -2.12. The molecule has 0 bridgehead atoms. The highest BCUT2D eigenvalue weighted by atomic mass is 16.1. The van der Waals surface area contributed by atoms with E-state index in [1.54, 1.807) is 0 Å². The molecule has 0 aromatic rings. The predicted molar refractivity (Wildman–Crippen MR) is 51.0 cm³/mol. The Morgan fingerprint density at radius 2 is 1.75 bits per heavy atom. The minimum atomic E-state index is 0.155. The monoisotopic (exact) mass is 166 g/mol. The summed E-state index contributed by atoms with van der Waals surface area (Å²) in [6, 6.07) is 0. The van der Waals surface area contributed by atoms with Crippen molar-refractivity contribution in [3.05, 3.63) is 11.6 Å². The van der Waals surface area contributed by atoms with Crippen molar-refractivity contribution < 1.29 is 4.79 Å². The van der Waals surface area contributed by atoms with Gasteiger partial charge in [0.1, 0.15) is 0 Å². The van der Waals surface area contributed by atoms with Gasteiger partial charge >= 0.3 is 0 Å². The van der Waals surface area contributed by atoms with Gasteiger partial charge in [-0.3, -0.25) is 4.79 Å². The summed E-state index contributed by atoms with van der Waals surface area (Å²) in [5.41, 5.74) is 1.22. The van der Waals surface area contributed by atoms with Crippen molar-refractivity contribution in [3.63, 3.8) is 0 Å². The second-order valence-electron chi connectivity index (χ2n) is 4.67. The zero-order chi connectivity index (χ0) is 9.19. The second-order valence-corrected chi connectivity index (χ2v) is 4.67. The summed E-state index contributed by atoms with van der Waals surface area (Å²) in [5.74, 6) is 0.371. The highest BCUT2D eigenvalue weighted by molar-refractivity contribution is 5.96. The van der Waals surface area contributed by atoms with Crippen LogP contribution in [0.25, 0.3) is 0 Å². The van der Waals surface area contributed by atoms with Crippen molar-refractivity contribution in [1.82, 2.24) is 0 Å². The van der Waals surface area contributed by atoms with Gasteiger partial charge < -0.3 is 0 Å². The lowest BCUT2D eigenvalue weighted by Gasteiger charge is -2.18. The average Bonchev–Trinajstić information content (AvgIpc) is 1.91. The maximum atomic E-state index is 11.4. The number of ketones is 1. The first-order valence-corrected chi connectivity index (χ1v) is 4.74. The van der Waals surface area contributed by atoms with Crippen LogP contribution in [-0.4, -0.2) is 5.78 Å². The van der Waals surface area contributed by atoms with Crippen molar-refractivity contribution in [2.45, 2.75) is 46.5 Å². The van der Waals surface area contributed by atoms with E-state index in [0.29, 0.717) is 5.78 Å². The Morgan fingerprint density at radius 3 is 2.25 bits per heavy atom. The molecular formula is C11H18O. The molecular weight excluding hydrogens is 148 g/mol. The standard InChI is InChI=1S/C11H18O/c1-11(2,3)8-9-6-4-5-7-10(9)12/h8H,4-7H2,1-3H3. The van der Waals surface area contributed by atoms with Gasteiger partial charge in [-0.25, -0.2) is 0 Å². The molecule has 0 aromatic carbocycles. The van der Waals surface area contributed by atoms with E-state index in [0.717, 1.165) is 24.8 Å². The molecule has 0 aromatic heterocycles. The first-order chi connectivity index (χ1) is 5.49. The second kappa shape index (κ2) is 3.42. The molecule has 1 heteroatoms. The van der Waals surface area contributed by atoms with Gasteiger partial charge in [-0.05, 0) is 30.3 Å². The molecule has 1 nitrogen and oxygen atoms in total. The lowest BCUT2D eigenvalue weighted by atomic mass is 9.86. The first-order valence-electron chi connectivity index (χ1n) is 4.74. The predicted octanol–water partition coefficient (Wildman–Crippen LogP) is 3.10. The Hall–Kier alpha value is -0.590. The van der Waals surface area contributed by atoms with Gasteiger partial charge in [-0.2, -0.15) is 0 Å². The normalized spacial score (nSPS) is 23.2. The fraction of sp³-hybridized carbons (Fsp3) is 0.727. The van der Waals surface area contributed by atoms with E-state index in [9.17, 15) is 4.79 Å². The van der Waals surface area contributed by atoms with Crippen LogP contribution in [0.15, 0.2) is 11.6 Å². The number of carbonyl (C=O) groups is 1. The Balaban J connectivity index is 2.72. The van der Waals surface area contributed by atoms with Gasteiger partial charge in [0, 0.05) is 6.42 Å². The van der Waals surface area contributed by atoms with Crippen LogP contribution < -0.4 is 0 Å². The first kappa shape index (κ1) is 9.50. The number of carbonyl (C=O) groups excluding carboxylic acids is 1. The van der Waals surface area contributed by atoms with Gasteiger partial charge in [0.25, 0.3) is 0 Å². The summed E-state index contributed by atoms with van der Waals surface area (Å²) in [5, 5.41) is 0. The summed E-state index contributed by atoms with van der Waals surface area (Å²) < 4.78 is 0. The van der Waals surface area contributed by atoms with E-state index >= 15 is 0 Å². The molecule has 1 aliphatic carbocycles. The average molecular weight is 166 g/mol. The van der Waals surface area contributed by atoms with Gasteiger partial charge in [0.2, 0.25) is 0 Å². The summed E-state index contributed by atoms with van der Waals surface area (Å²) >= 11 is 0. The maximum Gasteiger partial charge on any atom is 0.158 e. The van der Waals surface area contributed by atoms with Crippen molar-refractivity contribution in [2.24, 2.45) is 5.41 Å². The third kappa shape index (κ3) is 2.80. The molecule has 12 heavy (non-hydrogen) atoms. The summed E-state index contributed by atoms with van der Waals surface area (Å²) in [6.45, 7) is 6.42. The van der Waals surface area contributed by atoms with E-state index in [-0.39, 0.29) is 5.41 Å². The largest absolute Gasteiger partial charge is 0.295 e. The van der Waals surface area contributed by atoms with Crippen molar-refractivity contribution >= 4 is 5.78 Å². The minimum absolute atomic E-state index is 0.155. The van der Waals surface area contributed by atoms with E-state index in [1.165, 1.54) is 6.42 Å². The molecule has 1 fully saturated rings. The summed E-state index contributed by atoms with van der Waals surface area (Å²) in [4.78, 5) is 11.4. The van der Waals surface area contributed by atoms with Crippen LogP contribution in [-0.2, 0) is 4.79 Å². The number of Topliss-reactive ketones (excluding diaryl/α,β-unsaturated/α-hetero) is 1. The molecule has 0 heterocycles. The van der Waals surface area contributed by atoms with Gasteiger partial charge in [-0.15, -0.1) is 0 Å². The van der Waals surface area contributed by atoms with Gasteiger partial charge in [0.15, 0.2) is 5.78 Å². The van der Waals surface area contributed by atoms with Crippen LogP contribution in [0.4, 0.5) is 0 Å². The topological polar surface area (TPSA) is 17.1 Å². The molecule has 1 rings (SSSR count). The highest BCUT2D eigenvalue weighted by Crippen LogP contribution is 2.25. The fourth-order valence-electron chi connectivity index (χ4n) is 1.58. The molecule has 0 aliphatic heterocycles. The smallest absolute Gasteiger partial charge is 0.158 e. The van der Waals surface area contributed by atoms with Crippen molar-refractivity contribution in [1.29, 1.82) is 0 Å². The van der Waals surface area contributed by atoms with E-state index in [4.69, 9.17) is 0 Å². The van der Waals surface area contributed by atoms with Crippen molar-refractivity contribution in [3.8, 4) is 0 Å². The summed E-state index contributed by atoms with van der Waals surface area (Å²) in [6.07, 6.45) is 6.17. The maximum absolute atomic E-state index is 11.4. The quantitative estimate of drug-likeness (QED) is 0.505. The van der Waals surface area contributed by atoms with Crippen LogP contribution in [0, 0.1) is 5.41 Å². The summed E-state index contributed by atoms with van der Waals surface area (Å²) in [7, 11) is 0. The van der Waals surface area contributed by atoms with E-state index in [1.807, 2.05) is 0 Å². The Kier molecular flexibility index (Phi) is 2.71. The third-order valence-corrected chi connectivity index (χ3v) is 2.07. The SMILES string of the molecule is CC(C)(C)C=C1CCCCC1=O. The molecule has 0 amide bonds. The van der Waals surface area contributed by atoms with Crippen molar-refractivity contribution in [2.75, 3.05) is 0 Å². The number of hydrogen-bond donors (Lipinski definition) is 0. The van der Waals surface area contributed by atoms with Crippen LogP contribution in [0.5, 0.6) is 0 Å². The zero-order valence-corrected chi connectivity index (χ0v) is 8.31.